The minimum atomic E-state index is 0.208. The molecule has 3 rings (SSSR count). The van der Waals surface area contributed by atoms with Gasteiger partial charge >= 0.3 is 0 Å². The van der Waals surface area contributed by atoms with Crippen molar-refractivity contribution < 1.29 is 0 Å². The minimum absolute atomic E-state index is 0.208. The van der Waals surface area contributed by atoms with E-state index >= 15 is 0 Å². The molecule has 2 nitrogen and oxygen atoms in total. The van der Waals surface area contributed by atoms with Gasteiger partial charge < -0.3 is 4.90 Å². The Hall–Kier alpha value is -2.09. The molecule has 0 aliphatic carbocycles. The molecule has 3 aromatic carbocycles. The van der Waals surface area contributed by atoms with Crippen molar-refractivity contribution in [2.75, 3.05) is 18.0 Å². The first-order valence-electron chi connectivity index (χ1n) is 6.80. The molecule has 0 radical (unpaired) electrons. The molecular weight excluding hydrogens is 234 g/mol. The van der Waals surface area contributed by atoms with Crippen LogP contribution in [0.25, 0.3) is 21.9 Å². The summed E-state index contributed by atoms with van der Waals surface area (Å²) >= 11 is 0. The molecule has 0 saturated heterocycles. The van der Waals surface area contributed by atoms with Crippen LogP contribution in [0.15, 0.2) is 47.3 Å². The molecule has 96 valence electrons. The maximum Gasteiger partial charge on any atom is 0.212 e. The van der Waals surface area contributed by atoms with Crippen molar-refractivity contribution in [1.29, 1.82) is 0 Å². The fourth-order valence-electron chi connectivity index (χ4n) is 2.70. The highest BCUT2D eigenvalue weighted by Gasteiger charge is 2.28. The topological polar surface area (TPSA) is 20.3 Å². The van der Waals surface area contributed by atoms with Gasteiger partial charge in [0.25, 0.3) is 0 Å². The van der Waals surface area contributed by atoms with Crippen LogP contribution in [0, 0.1) is 0 Å². The normalized spacial score (nSPS) is 11.3. The molecule has 0 heterocycles. The van der Waals surface area contributed by atoms with Crippen molar-refractivity contribution in [3.63, 3.8) is 0 Å². The highest BCUT2D eigenvalue weighted by molar-refractivity contribution is 6.04. The van der Waals surface area contributed by atoms with Gasteiger partial charge in [0, 0.05) is 13.1 Å². The third kappa shape index (κ3) is 1.84. The Kier molecular flexibility index (Phi) is 2.86. The quantitative estimate of drug-likeness (QED) is 0.706. The van der Waals surface area contributed by atoms with Gasteiger partial charge in [0.05, 0.1) is 11.3 Å². The molecular formula is C17H17NO. The molecule has 0 spiro atoms. The maximum atomic E-state index is 12.1. The average molecular weight is 251 g/mol. The largest absolute Gasteiger partial charge is 0.368 e. The van der Waals surface area contributed by atoms with Gasteiger partial charge in [-0.25, -0.2) is 0 Å². The lowest BCUT2D eigenvalue weighted by Gasteiger charge is -2.15. The molecule has 0 unspecified atom stereocenters. The zero-order chi connectivity index (χ0) is 13.4. The second-order valence-corrected chi connectivity index (χ2v) is 4.75. The lowest BCUT2D eigenvalue weighted by Crippen LogP contribution is -2.20. The SMILES string of the molecule is CCN(CC)c1c(-c2cccc3ccccc23)c1=O. The Morgan fingerprint density at radius 1 is 0.947 bits per heavy atom. The van der Waals surface area contributed by atoms with Crippen molar-refractivity contribution in [3.05, 3.63) is 52.7 Å². The number of fused-ring (bicyclic) bond motifs is 1. The lowest BCUT2D eigenvalue weighted by atomic mass is 10.0. The first kappa shape index (κ1) is 12.0. The van der Waals surface area contributed by atoms with Crippen LogP contribution in [0.3, 0.4) is 0 Å². The van der Waals surface area contributed by atoms with Gasteiger partial charge in [0.2, 0.25) is 5.43 Å². The van der Waals surface area contributed by atoms with Crippen LogP contribution in [0.4, 0.5) is 5.69 Å². The van der Waals surface area contributed by atoms with Crippen LogP contribution in [-0.4, -0.2) is 13.1 Å². The summed E-state index contributed by atoms with van der Waals surface area (Å²) in [6.07, 6.45) is 0. The molecule has 2 heteroatoms. The molecule has 0 aliphatic rings. The van der Waals surface area contributed by atoms with Gasteiger partial charge in [-0.05, 0) is 30.2 Å². The number of anilines is 1. The summed E-state index contributed by atoms with van der Waals surface area (Å²) in [4.78, 5) is 14.2. The Labute approximate surface area is 113 Å². The highest BCUT2D eigenvalue weighted by atomic mass is 16.1. The van der Waals surface area contributed by atoms with Gasteiger partial charge in [0.1, 0.15) is 0 Å². The van der Waals surface area contributed by atoms with Crippen molar-refractivity contribution in [1.82, 2.24) is 0 Å². The van der Waals surface area contributed by atoms with Crippen molar-refractivity contribution >= 4 is 16.5 Å². The second-order valence-electron chi connectivity index (χ2n) is 4.75. The monoisotopic (exact) mass is 251 g/mol. The summed E-state index contributed by atoms with van der Waals surface area (Å²) < 4.78 is 0. The number of nitrogens with zero attached hydrogens (tertiary/aromatic N) is 1. The fourth-order valence-corrected chi connectivity index (χ4v) is 2.70. The van der Waals surface area contributed by atoms with E-state index in [2.05, 4.69) is 36.9 Å². The van der Waals surface area contributed by atoms with Gasteiger partial charge in [0.15, 0.2) is 0 Å². The van der Waals surface area contributed by atoms with Crippen molar-refractivity contribution in [2.24, 2.45) is 0 Å². The molecule has 0 aliphatic heterocycles. The van der Waals surface area contributed by atoms with Crippen LogP contribution in [0.2, 0.25) is 0 Å². The van der Waals surface area contributed by atoms with E-state index in [9.17, 15) is 4.79 Å². The zero-order valence-corrected chi connectivity index (χ0v) is 11.3. The summed E-state index contributed by atoms with van der Waals surface area (Å²) in [5.74, 6) is 0. The van der Waals surface area contributed by atoms with E-state index in [1.807, 2.05) is 24.3 Å². The molecule has 3 aromatic rings. The minimum Gasteiger partial charge on any atom is -0.368 e. The maximum absolute atomic E-state index is 12.1. The first-order valence-corrected chi connectivity index (χ1v) is 6.80. The van der Waals surface area contributed by atoms with Gasteiger partial charge in [-0.3, -0.25) is 4.79 Å². The molecule has 0 bridgehead atoms. The van der Waals surface area contributed by atoms with E-state index in [0.717, 1.165) is 35.3 Å². The summed E-state index contributed by atoms with van der Waals surface area (Å²) in [5, 5.41) is 2.35. The molecule has 0 atom stereocenters. The standard InChI is InChI=1S/C17H17NO/c1-3-18(4-2)16-15(17(16)19)14-11-7-9-12-8-5-6-10-13(12)14/h5-11H,3-4H2,1-2H3. The van der Waals surface area contributed by atoms with Gasteiger partial charge in [-0.1, -0.05) is 42.5 Å². The molecule has 0 aromatic heterocycles. The fraction of sp³-hybridized carbons (Fsp3) is 0.235. The number of hydrogen-bond donors (Lipinski definition) is 0. The van der Waals surface area contributed by atoms with E-state index in [4.69, 9.17) is 0 Å². The number of rotatable bonds is 4. The van der Waals surface area contributed by atoms with Gasteiger partial charge in [-0.2, -0.15) is 0 Å². The van der Waals surface area contributed by atoms with Gasteiger partial charge in [-0.15, -0.1) is 0 Å². The van der Waals surface area contributed by atoms with Crippen molar-refractivity contribution in [3.8, 4) is 11.1 Å². The summed E-state index contributed by atoms with van der Waals surface area (Å²) in [7, 11) is 0. The Bertz CT molecular complexity index is 725. The van der Waals surface area contributed by atoms with E-state index in [1.165, 1.54) is 5.39 Å². The van der Waals surface area contributed by atoms with E-state index in [-0.39, 0.29) is 5.43 Å². The Morgan fingerprint density at radius 2 is 1.63 bits per heavy atom. The van der Waals surface area contributed by atoms with Crippen LogP contribution < -0.4 is 10.3 Å². The average Bonchev–Trinajstić information content (AvgIpc) is 3.11. The molecule has 0 N–H and O–H groups in total. The Morgan fingerprint density at radius 3 is 2.37 bits per heavy atom. The van der Waals surface area contributed by atoms with Crippen LogP contribution in [0.5, 0.6) is 0 Å². The van der Waals surface area contributed by atoms with Crippen molar-refractivity contribution in [2.45, 2.75) is 13.8 Å². The summed E-state index contributed by atoms with van der Waals surface area (Å²) in [6, 6.07) is 14.4. The first-order chi connectivity index (χ1) is 9.27. The third-order valence-electron chi connectivity index (χ3n) is 3.76. The second kappa shape index (κ2) is 4.54. The molecule has 0 amide bonds. The van der Waals surface area contributed by atoms with Crippen LogP contribution >= 0.6 is 0 Å². The van der Waals surface area contributed by atoms with E-state index in [0.29, 0.717) is 0 Å². The smallest absolute Gasteiger partial charge is 0.212 e. The molecule has 19 heavy (non-hydrogen) atoms. The highest BCUT2D eigenvalue weighted by Crippen LogP contribution is 2.37. The molecule has 0 saturated carbocycles. The number of benzene rings is 2. The summed E-state index contributed by atoms with van der Waals surface area (Å²) in [5.41, 5.74) is 3.09. The predicted molar refractivity (Wildman–Crippen MR) is 81.6 cm³/mol. The van der Waals surface area contributed by atoms with Crippen LogP contribution in [-0.2, 0) is 0 Å². The van der Waals surface area contributed by atoms with Crippen LogP contribution in [0.1, 0.15) is 13.8 Å². The third-order valence-corrected chi connectivity index (χ3v) is 3.76. The number of hydrogen-bond acceptors (Lipinski definition) is 2. The van der Waals surface area contributed by atoms with E-state index in [1.54, 1.807) is 0 Å². The van der Waals surface area contributed by atoms with E-state index < -0.39 is 0 Å². The summed E-state index contributed by atoms with van der Waals surface area (Å²) in [6.45, 7) is 5.93. The zero-order valence-electron chi connectivity index (χ0n) is 11.3. The lowest BCUT2D eigenvalue weighted by molar-refractivity contribution is 0.876. The molecule has 0 fully saturated rings. The Balaban J connectivity index is 2.14. The predicted octanol–water partition coefficient (Wildman–Crippen LogP) is 3.59.